The molecule has 0 bridgehead atoms. The number of amides is 1. The van der Waals surface area contributed by atoms with Crippen LogP contribution in [0.4, 0.5) is 10.1 Å². The average molecular weight is 398 g/mol. The number of unbranched alkanes of at least 4 members (excludes halogenated alkanes) is 1. The molecule has 29 heavy (non-hydrogen) atoms. The van der Waals surface area contributed by atoms with E-state index < -0.39 is 5.82 Å². The minimum absolute atomic E-state index is 0.0304. The molecule has 0 atom stereocenters. The zero-order valence-electron chi connectivity index (χ0n) is 17.0. The van der Waals surface area contributed by atoms with E-state index in [1.165, 1.54) is 13.0 Å². The van der Waals surface area contributed by atoms with Gasteiger partial charge in [-0.2, -0.15) is 0 Å². The van der Waals surface area contributed by atoms with Crippen LogP contribution in [0.25, 0.3) is 0 Å². The summed E-state index contributed by atoms with van der Waals surface area (Å²) in [6, 6.07) is 11.8. The second-order valence-corrected chi connectivity index (χ2v) is 7.23. The molecule has 1 heterocycles. The van der Waals surface area contributed by atoms with Crippen molar-refractivity contribution in [2.75, 3.05) is 37.7 Å². The lowest BCUT2D eigenvalue weighted by Gasteiger charge is -2.36. The third-order valence-electron chi connectivity index (χ3n) is 5.13. The molecular weight excluding hydrogens is 371 g/mol. The monoisotopic (exact) mass is 398 g/mol. The van der Waals surface area contributed by atoms with Crippen molar-refractivity contribution >= 4 is 17.4 Å². The van der Waals surface area contributed by atoms with Gasteiger partial charge in [-0.15, -0.1) is 0 Å². The van der Waals surface area contributed by atoms with E-state index in [0.29, 0.717) is 49.6 Å². The van der Waals surface area contributed by atoms with Gasteiger partial charge in [-0.05, 0) is 55.8 Å². The molecule has 1 aliphatic heterocycles. The van der Waals surface area contributed by atoms with Crippen LogP contribution in [0.3, 0.4) is 0 Å². The molecule has 0 spiro atoms. The SMILES string of the molecule is CCCCOc1ccc(C(=O)N2CCN(c3ccc(C(C)=O)cc3F)CC2)cc1. The summed E-state index contributed by atoms with van der Waals surface area (Å²) in [7, 11) is 0. The van der Waals surface area contributed by atoms with Gasteiger partial charge in [0.15, 0.2) is 5.78 Å². The number of benzene rings is 2. The molecule has 1 amide bonds. The summed E-state index contributed by atoms with van der Waals surface area (Å²) in [6.45, 7) is 6.32. The second-order valence-electron chi connectivity index (χ2n) is 7.23. The van der Waals surface area contributed by atoms with E-state index in [9.17, 15) is 14.0 Å². The summed E-state index contributed by atoms with van der Waals surface area (Å²) >= 11 is 0. The van der Waals surface area contributed by atoms with E-state index in [-0.39, 0.29) is 11.7 Å². The Kier molecular flexibility index (Phi) is 6.86. The van der Waals surface area contributed by atoms with Gasteiger partial charge in [-0.1, -0.05) is 13.3 Å². The normalized spacial score (nSPS) is 14.0. The van der Waals surface area contributed by atoms with Crippen LogP contribution in [-0.4, -0.2) is 49.4 Å². The molecule has 2 aromatic rings. The highest BCUT2D eigenvalue weighted by molar-refractivity contribution is 5.95. The van der Waals surface area contributed by atoms with Crippen LogP contribution in [-0.2, 0) is 0 Å². The molecule has 2 aromatic carbocycles. The predicted octanol–water partition coefficient (Wildman–Crippen LogP) is 4.17. The Morgan fingerprint density at radius 3 is 2.24 bits per heavy atom. The number of ketones is 1. The van der Waals surface area contributed by atoms with E-state index in [1.54, 1.807) is 29.2 Å². The third kappa shape index (κ3) is 5.13. The van der Waals surface area contributed by atoms with Crippen LogP contribution < -0.4 is 9.64 Å². The first-order valence-corrected chi connectivity index (χ1v) is 10.1. The van der Waals surface area contributed by atoms with Crippen molar-refractivity contribution in [2.24, 2.45) is 0 Å². The zero-order chi connectivity index (χ0) is 20.8. The van der Waals surface area contributed by atoms with Crippen molar-refractivity contribution in [3.8, 4) is 5.75 Å². The van der Waals surface area contributed by atoms with Gasteiger partial charge in [0.05, 0.1) is 12.3 Å². The Bertz CT molecular complexity index is 859. The molecule has 1 aliphatic rings. The molecule has 1 saturated heterocycles. The van der Waals surface area contributed by atoms with E-state index in [1.807, 2.05) is 17.0 Å². The highest BCUT2D eigenvalue weighted by atomic mass is 19.1. The van der Waals surface area contributed by atoms with Crippen LogP contribution in [0.1, 0.15) is 47.4 Å². The number of anilines is 1. The van der Waals surface area contributed by atoms with E-state index >= 15 is 0 Å². The van der Waals surface area contributed by atoms with Crippen molar-refractivity contribution in [1.82, 2.24) is 4.90 Å². The van der Waals surface area contributed by atoms with Crippen molar-refractivity contribution < 1.29 is 18.7 Å². The lowest BCUT2D eigenvalue weighted by Crippen LogP contribution is -2.49. The summed E-state index contributed by atoms with van der Waals surface area (Å²) in [4.78, 5) is 27.8. The minimum atomic E-state index is -0.406. The van der Waals surface area contributed by atoms with E-state index in [4.69, 9.17) is 4.74 Å². The standard InChI is InChI=1S/C23H27FN2O3/c1-3-4-15-29-20-8-5-18(6-9-20)23(28)26-13-11-25(12-14-26)22-10-7-19(17(2)27)16-21(22)24/h5-10,16H,3-4,11-15H2,1-2H3. The summed E-state index contributed by atoms with van der Waals surface area (Å²) in [5.74, 6) is 0.172. The topological polar surface area (TPSA) is 49.9 Å². The Balaban J connectivity index is 1.57. The summed E-state index contributed by atoms with van der Waals surface area (Å²) < 4.78 is 20.0. The number of ether oxygens (including phenoxy) is 1. The maximum Gasteiger partial charge on any atom is 0.253 e. The molecule has 0 saturated carbocycles. The lowest BCUT2D eigenvalue weighted by molar-refractivity contribution is 0.0746. The lowest BCUT2D eigenvalue weighted by atomic mass is 10.1. The van der Waals surface area contributed by atoms with Crippen LogP contribution >= 0.6 is 0 Å². The molecule has 154 valence electrons. The van der Waals surface area contributed by atoms with Crippen LogP contribution in [0, 0.1) is 5.82 Å². The van der Waals surface area contributed by atoms with Crippen LogP contribution in [0.5, 0.6) is 5.75 Å². The molecule has 0 unspecified atom stereocenters. The van der Waals surface area contributed by atoms with Gasteiger partial charge in [0.25, 0.3) is 5.91 Å². The van der Waals surface area contributed by atoms with Gasteiger partial charge < -0.3 is 14.5 Å². The van der Waals surface area contributed by atoms with E-state index in [0.717, 1.165) is 18.6 Å². The molecule has 0 aromatic heterocycles. The summed E-state index contributed by atoms with van der Waals surface area (Å²) in [5, 5.41) is 0. The number of nitrogens with zero attached hydrogens (tertiary/aromatic N) is 2. The third-order valence-corrected chi connectivity index (χ3v) is 5.13. The average Bonchev–Trinajstić information content (AvgIpc) is 2.74. The minimum Gasteiger partial charge on any atom is -0.494 e. The fourth-order valence-electron chi connectivity index (χ4n) is 3.34. The van der Waals surface area contributed by atoms with E-state index in [2.05, 4.69) is 6.92 Å². The van der Waals surface area contributed by atoms with Gasteiger partial charge in [0.2, 0.25) is 0 Å². The number of rotatable bonds is 7. The Morgan fingerprint density at radius 2 is 1.66 bits per heavy atom. The van der Waals surface area contributed by atoms with Crippen LogP contribution in [0.15, 0.2) is 42.5 Å². The first-order valence-electron chi connectivity index (χ1n) is 10.1. The molecule has 0 aliphatic carbocycles. The van der Waals surface area contributed by atoms with Crippen molar-refractivity contribution in [1.29, 1.82) is 0 Å². The van der Waals surface area contributed by atoms with Crippen molar-refractivity contribution in [2.45, 2.75) is 26.7 Å². The number of Topliss-reactive ketones (excluding diaryl/α,β-unsaturated/α-hetero) is 1. The highest BCUT2D eigenvalue weighted by Crippen LogP contribution is 2.23. The fraction of sp³-hybridized carbons (Fsp3) is 0.391. The summed E-state index contributed by atoms with van der Waals surface area (Å²) in [6.07, 6.45) is 2.08. The number of carbonyl (C=O) groups is 2. The van der Waals surface area contributed by atoms with Gasteiger partial charge >= 0.3 is 0 Å². The largest absolute Gasteiger partial charge is 0.494 e. The summed E-state index contributed by atoms with van der Waals surface area (Å²) in [5.41, 5.74) is 1.45. The molecular formula is C23H27FN2O3. The van der Waals surface area contributed by atoms with Crippen molar-refractivity contribution in [3.05, 3.63) is 59.4 Å². The molecule has 3 rings (SSSR count). The Hall–Kier alpha value is -2.89. The first-order chi connectivity index (χ1) is 14.0. The second kappa shape index (κ2) is 9.54. The number of hydrogen-bond donors (Lipinski definition) is 0. The first kappa shape index (κ1) is 20.8. The van der Waals surface area contributed by atoms with Crippen LogP contribution in [0.2, 0.25) is 0 Å². The maximum absolute atomic E-state index is 14.4. The van der Waals surface area contributed by atoms with Gasteiger partial charge in [0, 0.05) is 37.3 Å². The van der Waals surface area contributed by atoms with Gasteiger partial charge in [-0.25, -0.2) is 4.39 Å². The fourth-order valence-corrected chi connectivity index (χ4v) is 3.34. The van der Waals surface area contributed by atoms with Gasteiger partial charge in [0.1, 0.15) is 11.6 Å². The predicted molar refractivity (Wildman–Crippen MR) is 111 cm³/mol. The maximum atomic E-state index is 14.4. The highest BCUT2D eigenvalue weighted by Gasteiger charge is 2.24. The quantitative estimate of drug-likeness (QED) is 0.519. The molecule has 1 fully saturated rings. The molecule has 0 radical (unpaired) electrons. The molecule has 6 heteroatoms. The number of halogens is 1. The number of carbonyl (C=O) groups excluding carboxylic acids is 2. The zero-order valence-corrected chi connectivity index (χ0v) is 17.0. The Labute approximate surface area is 171 Å². The Morgan fingerprint density at radius 1 is 1.00 bits per heavy atom. The smallest absolute Gasteiger partial charge is 0.253 e. The van der Waals surface area contributed by atoms with Gasteiger partial charge in [-0.3, -0.25) is 9.59 Å². The number of piperazine rings is 1. The number of hydrogen-bond acceptors (Lipinski definition) is 4. The molecule has 0 N–H and O–H groups in total. The molecule has 5 nitrogen and oxygen atoms in total. The van der Waals surface area contributed by atoms with Crippen molar-refractivity contribution in [3.63, 3.8) is 0 Å².